The molecule has 0 bridgehead atoms. The first-order chi connectivity index (χ1) is 9.33. The van der Waals surface area contributed by atoms with Crippen LogP contribution in [0.5, 0.6) is 0 Å². The van der Waals surface area contributed by atoms with Crippen molar-refractivity contribution in [2.24, 2.45) is 0 Å². The summed E-state index contributed by atoms with van der Waals surface area (Å²) < 4.78 is 2.07. The third kappa shape index (κ3) is 2.92. The van der Waals surface area contributed by atoms with Crippen LogP contribution in [0.4, 0.5) is 5.95 Å². The predicted octanol–water partition coefficient (Wildman–Crippen LogP) is 4.27. The van der Waals surface area contributed by atoms with Gasteiger partial charge in [0.25, 0.3) is 0 Å². The Morgan fingerprint density at radius 3 is 2.58 bits per heavy atom. The molecule has 2 aromatic rings. The lowest BCUT2D eigenvalue weighted by Gasteiger charge is -2.23. The Morgan fingerprint density at radius 1 is 1.11 bits per heavy atom. The number of rotatable bonds is 3. The molecule has 3 rings (SSSR count). The first-order valence-electron chi connectivity index (χ1n) is 6.89. The molecule has 0 aliphatic heterocycles. The molecule has 1 saturated carbocycles. The lowest BCUT2D eigenvalue weighted by molar-refractivity contribution is 0.460. The van der Waals surface area contributed by atoms with Crippen molar-refractivity contribution in [3.8, 4) is 5.69 Å². The van der Waals surface area contributed by atoms with Crippen LogP contribution in [-0.2, 0) is 0 Å². The SMILES string of the molecule is Clc1ccc(-n2ccnc2NC2CCCCC2)cc1. The van der Waals surface area contributed by atoms with Gasteiger partial charge < -0.3 is 5.32 Å². The van der Waals surface area contributed by atoms with E-state index in [0.29, 0.717) is 6.04 Å². The Labute approximate surface area is 118 Å². The van der Waals surface area contributed by atoms with Gasteiger partial charge in [0.2, 0.25) is 5.95 Å². The fourth-order valence-electron chi connectivity index (χ4n) is 2.65. The van der Waals surface area contributed by atoms with Crippen molar-refractivity contribution in [3.63, 3.8) is 0 Å². The Morgan fingerprint density at radius 2 is 1.84 bits per heavy atom. The van der Waals surface area contributed by atoms with Gasteiger partial charge in [-0.3, -0.25) is 4.57 Å². The van der Waals surface area contributed by atoms with E-state index in [2.05, 4.69) is 14.9 Å². The van der Waals surface area contributed by atoms with Crippen LogP contribution in [0.25, 0.3) is 5.69 Å². The molecule has 100 valence electrons. The molecule has 1 heterocycles. The number of hydrogen-bond acceptors (Lipinski definition) is 2. The minimum Gasteiger partial charge on any atom is -0.353 e. The van der Waals surface area contributed by atoms with Crippen molar-refractivity contribution in [1.29, 1.82) is 0 Å². The molecular formula is C15H18ClN3. The summed E-state index contributed by atoms with van der Waals surface area (Å²) in [6.45, 7) is 0. The summed E-state index contributed by atoms with van der Waals surface area (Å²) in [7, 11) is 0. The second-order valence-electron chi connectivity index (χ2n) is 5.08. The van der Waals surface area contributed by atoms with Crippen molar-refractivity contribution in [2.75, 3.05) is 5.32 Å². The van der Waals surface area contributed by atoms with E-state index in [4.69, 9.17) is 11.6 Å². The van der Waals surface area contributed by atoms with Crippen LogP contribution >= 0.6 is 11.6 Å². The molecule has 4 heteroatoms. The molecule has 0 atom stereocenters. The third-order valence-corrected chi connectivity index (χ3v) is 3.94. The number of halogens is 1. The average Bonchev–Trinajstić information content (AvgIpc) is 2.89. The van der Waals surface area contributed by atoms with E-state index in [9.17, 15) is 0 Å². The van der Waals surface area contributed by atoms with E-state index in [1.807, 2.05) is 36.7 Å². The molecule has 1 aromatic carbocycles. The maximum absolute atomic E-state index is 5.93. The molecule has 1 aromatic heterocycles. The van der Waals surface area contributed by atoms with Crippen LogP contribution in [-0.4, -0.2) is 15.6 Å². The second kappa shape index (κ2) is 5.66. The maximum Gasteiger partial charge on any atom is 0.207 e. The van der Waals surface area contributed by atoms with Gasteiger partial charge >= 0.3 is 0 Å². The molecule has 1 aliphatic rings. The van der Waals surface area contributed by atoms with Crippen LogP contribution in [0.15, 0.2) is 36.7 Å². The number of nitrogens with one attached hydrogen (secondary N) is 1. The Hall–Kier alpha value is -1.48. The topological polar surface area (TPSA) is 29.9 Å². The summed E-state index contributed by atoms with van der Waals surface area (Å²) in [5.74, 6) is 0.925. The van der Waals surface area contributed by atoms with E-state index in [-0.39, 0.29) is 0 Å². The van der Waals surface area contributed by atoms with Crippen molar-refractivity contribution in [2.45, 2.75) is 38.1 Å². The highest BCUT2D eigenvalue weighted by atomic mass is 35.5. The second-order valence-corrected chi connectivity index (χ2v) is 5.51. The smallest absolute Gasteiger partial charge is 0.207 e. The summed E-state index contributed by atoms with van der Waals surface area (Å²) in [6.07, 6.45) is 10.3. The van der Waals surface area contributed by atoms with E-state index in [1.54, 1.807) is 0 Å². The molecule has 1 N–H and O–H groups in total. The van der Waals surface area contributed by atoms with Gasteiger partial charge in [-0.25, -0.2) is 4.98 Å². The maximum atomic E-state index is 5.93. The molecule has 0 unspecified atom stereocenters. The van der Waals surface area contributed by atoms with Gasteiger partial charge in [0.15, 0.2) is 0 Å². The normalized spacial score (nSPS) is 16.5. The van der Waals surface area contributed by atoms with E-state index in [0.717, 1.165) is 16.7 Å². The van der Waals surface area contributed by atoms with E-state index < -0.39 is 0 Å². The molecule has 0 saturated heterocycles. The molecule has 0 radical (unpaired) electrons. The zero-order valence-electron chi connectivity index (χ0n) is 10.8. The fraction of sp³-hybridized carbons (Fsp3) is 0.400. The number of anilines is 1. The quantitative estimate of drug-likeness (QED) is 0.906. The Balaban J connectivity index is 1.79. The summed E-state index contributed by atoms with van der Waals surface area (Å²) >= 11 is 5.93. The predicted molar refractivity (Wildman–Crippen MR) is 79.1 cm³/mol. The van der Waals surface area contributed by atoms with Gasteiger partial charge in [-0.05, 0) is 37.1 Å². The summed E-state index contributed by atoms with van der Waals surface area (Å²) in [4.78, 5) is 4.43. The summed E-state index contributed by atoms with van der Waals surface area (Å²) in [5.41, 5.74) is 1.08. The number of nitrogens with zero attached hydrogens (tertiary/aromatic N) is 2. The van der Waals surface area contributed by atoms with E-state index >= 15 is 0 Å². The Kier molecular flexibility index (Phi) is 3.74. The highest BCUT2D eigenvalue weighted by molar-refractivity contribution is 6.30. The Bertz CT molecular complexity index is 527. The van der Waals surface area contributed by atoms with Crippen molar-refractivity contribution in [3.05, 3.63) is 41.7 Å². The molecule has 0 amide bonds. The monoisotopic (exact) mass is 275 g/mol. The lowest BCUT2D eigenvalue weighted by Crippen LogP contribution is -2.24. The molecular weight excluding hydrogens is 258 g/mol. The first-order valence-corrected chi connectivity index (χ1v) is 7.26. The molecule has 1 aliphatic carbocycles. The minimum atomic E-state index is 0.558. The lowest BCUT2D eigenvalue weighted by atomic mass is 9.96. The minimum absolute atomic E-state index is 0.558. The van der Waals surface area contributed by atoms with Crippen molar-refractivity contribution < 1.29 is 0 Å². The van der Waals surface area contributed by atoms with Gasteiger partial charge in [-0.1, -0.05) is 30.9 Å². The largest absolute Gasteiger partial charge is 0.353 e. The third-order valence-electron chi connectivity index (χ3n) is 3.68. The number of aromatic nitrogens is 2. The number of imidazole rings is 1. The van der Waals surface area contributed by atoms with Crippen LogP contribution < -0.4 is 5.32 Å². The zero-order chi connectivity index (χ0) is 13.1. The molecule has 1 fully saturated rings. The van der Waals surface area contributed by atoms with Gasteiger partial charge in [0.1, 0.15) is 0 Å². The zero-order valence-corrected chi connectivity index (χ0v) is 11.6. The summed E-state index contributed by atoms with van der Waals surface area (Å²) in [5, 5.41) is 4.32. The number of hydrogen-bond donors (Lipinski definition) is 1. The van der Waals surface area contributed by atoms with Crippen LogP contribution in [0.1, 0.15) is 32.1 Å². The number of benzene rings is 1. The van der Waals surface area contributed by atoms with Gasteiger partial charge in [-0.15, -0.1) is 0 Å². The van der Waals surface area contributed by atoms with Crippen LogP contribution in [0.3, 0.4) is 0 Å². The molecule has 3 nitrogen and oxygen atoms in total. The highest BCUT2D eigenvalue weighted by Crippen LogP contribution is 2.23. The highest BCUT2D eigenvalue weighted by Gasteiger charge is 2.15. The van der Waals surface area contributed by atoms with Crippen molar-refractivity contribution in [1.82, 2.24) is 9.55 Å². The van der Waals surface area contributed by atoms with Crippen LogP contribution in [0, 0.1) is 0 Å². The van der Waals surface area contributed by atoms with Gasteiger partial charge in [0.05, 0.1) is 0 Å². The standard InChI is InChI=1S/C15H18ClN3/c16-12-6-8-14(9-7-12)19-11-10-17-15(19)18-13-4-2-1-3-5-13/h6-11,13H,1-5H2,(H,17,18). The molecule has 19 heavy (non-hydrogen) atoms. The van der Waals surface area contributed by atoms with Gasteiger partial charge in [-0.2, -0.15) is 0 Å². The fourth-order valence-corrected chi connectivity index (χ4v) is 2.78. The van der Waals surface area contributed by atoms with E-state index in [1.165, 1.54) is 32.1 Å². The molecule has 0 spiro atoms. The van der Waals surface area contributed by atoms with Gasteiger partial charge in [0, 0.05) is 29.1 Å². The first kappa shape index (κ1) is 12.5. The average molecular weight is 276 g/mol. The van der Waals surface area contributed by atoms with Crippen LogP contribution in [0.2, 0.25) is 5.02 Å². The van der Waals surface area contributed by atoms with Crippen molar-refractivity contribution >= 4 is 17.5 Å². The summed E-state index contributed by atoms with van der Waals surface area (Å²) in [6, 6.07) is 8.39.